The number of hydrogen-bond donors (Lipinski definition) is 1. The Morgan fingerprint density at radius 2 is 2.22 bits per heavy atom. The highest BCUT2D eigenvalue weighted by Gasteiger charge is 2.23. The van der Waals surface area contributed by atoms with Gasteiger partial charge in [-0.3, -0.25) is 0 Å². The van der Waals surface area contributed by atoms with E-state index in [1.165, 1.54) is 0 Å². The molecule has 1 aliphatic rings. The van der Waals surface area contributed by atoms with Crippen molar-refractivity contribution in [1.29, 1.82) is 0 Å². The van der Waals surface area contributed by atoms with Crippen LogP contribution in [0.4, 0.5) is 0 Å². The zero-order valence-electron chi connectivity index (χ0n) is 4.78. The van der Waals surface area contributed by atoms with E-state index in [4.69, 9.17) is 5.11 Å². The first kappa shape index (κ1) is 4.56. The van der Waals surface area contributed by atoms with Crippen molar-refractivity contribution in [3.05, 3.63) is 30.1 Å². The van der Waals surface area contributed by atoms with Gasteiger partial charge < -0.3 is 5.11 Å². The summed E-state index contributed by atoms with van der Waals surface area (Å²) in [5.74, 6) is 0.371. The average Bonchev–Trinajstić information content (AvgIpc) is 1.86. The molecule has 0 bridgehead atoms. The average molecular weight is 120 g/mol. The molecule has 0 unspecified atom stereocenters. The van der Waals surface area contributed by atoms with Gasteiger partial charge in [-0.25, -0.2) is 0 Å². The fourth-order valence-electron chi connectivity index (χ4n) is 0.917. The standard InChI is InChI=1S/C7H5NO/c9-7-5-8-4-2-1-3-6(7)8/h1-5H/p+1. The fourth-order valence-corrected chi connectivity index (χ4v) is 0.917. The van der Waals surface area contributed by atoms with Gasteiger partial charge in [0.1, 0.15) is 0 Å². The summed E-state index contributed by atoms with van der Waals surface area (Å²) in [6.45, 7) is 0. The molecule has 1 aliphatic heterocycles. The van der Waals surface area contributed by atoms with E-state index in [2.05, 4.69) is 0 Å². The summed E-state index contributed by atoms with van der Waals surface area (Å²) in [6, 6.07) is 5.69. The minimum absolute atomic E-state index is 0.371. The molecule has 0 saturated carbocycles. The summed E-state index contributed by atoms with van der Waals surface area (Å²) in [5, 5.41) is 8.94. The van der Waals surface area contributed by atoms with Crippen molar-refractivity contribution in [2.75, 3.05) is 0 Å². The number of aliphatic hydroxyl groups is 1. The van der Waals surface area contributed by atoms with Gasteiger partial charge in [0.05, 0.1) is 0 Å². The molecular formula is C7H6NO+. The molecule has 0 radical (unpaired) electrons. The van der Waals surface area contributed by atoms with Gasteiger partial charge in [-0.05, 0) is 6.07 Å². The highest BCUT2D eigenvalue weighted by atomic mass is 16.3. The monoisotopic (exact) mass is 120 g/mol. The third-order valence-electron chi connectivity index (χ3n) is 1.41. The van der Waals surface area contributed by atoms with Crippen molar-refractivity contribution in [2.45, 2.75) is 0 Å². The molecule has 0 saturated heterocycles. The Morgan fingerprint density at radius 3 is 2.78 bits per heavy atom. The highest BCUT2D eigenvalue weighted by Crippen LogP contribution is 2.12. The smallest absolute Gasteiger partial charge is 0.259 e. The van der Waals surface area contributed by atoms with Crippen LogP contribution in [0.1, 0.15) is 5.69 Å². The molecular weight excluding hydrogens is 114 g/mol. The Morgan fingerprint density at radius 1 is 1.33 bits per heavy atom. The van der Waals surface area contributed by atoms with E-state index < -0.39 is 0 Å². The largest absolute Gasteiger partial charge is 0.498 e. The number of fused-ring (bicyclic) bond motifs is 1. The normalized spacial score (nSPS) is 13.6. The topological polar surface area (TPSA) is 24.1 Å². The summed E-state index contributed by atoms with van der Waals surface area (Å²) in [4.78, 5) is 0. The molecule has 2 rings (SSSR count). The van der Waals surface area contributed by atoms with Crippen molar-refractivity contribution in [1.82, 2.24) is 0 Å². The predicted octanol–water partition coefficient (Wildman–Crippen LogP) is 0.801. The zero-order chi connectivity index (χ0) is 6.27. The van der Waals surface area contributed by atoms with E-state index in [1.807, 2.05) is 29.0 Å². The van der Waals surface area contributed by atoms with Crippen molar-refractivity contribution in [3.8, 4) is 0 Å². The van der Waals surface area contributed by atoms with Crippen LogP contribution < -0.4 is 4.57 Å². The number of hydrogen-bond acceptors (Lipinski definition) is 1. The number of pyridine rings is 1. The summed E-state index contributed by atoms with van der Waals surface area (Å²) < 4.78 is 1.87. The maximum absolute atomic E-state index is 8.94. The molecule has 2 heterocycles. The zero-order valence-corrected chi connectivity index (χ0v) is 4.78. The van der Waals surface area contributed by atoms with Gasteiger partial charge in [-0.2, -0.15) is 4.57 Å². The first-order valence-electron chi connectivity index (χ1n) is 2.79. The Labute approximate surface area is 52.7 Å². The lowest BCUT2D eigenvalue weighted by atomic mass is 10.2. The van der Waals surface area contributed by atoms with Crippen molar-refractivity contribution < 1.29 is 9.67 Å². The quantitative estimate of drug-likeness (QED) is 0.503. The van der Waals surface area contributed by atoms with E-state index in [0.29, 0.717) is 5.76 Å². The lowest BCUT2D eigenvalue weighted by Crippen LogP contribution is -2.38. The fraction of sp³-hybridized carbons (Fsp3) is 0. The molecule has 2 heteroatoms. The van der Waals surface area contributed by atoms with Crippen LogP contribution >= 0.6 is 0 Å². The predicted molar refractivity (Wildman–Crippen MR) is 33.4 cm³/mol. The van der Waals surface area contributed by atoms with Gasteiger partial charge in [0.25, 0.3) is 11.5 Å². The van der Waals surface area contributed by atoms with E-state index >= 15 is 0 Å². The molecule has 0 spiro atoms. The Bertz CT molecular complexity index is 278. The van der Waals surface area contributed by atoms with E-state index in [0.717, 1.165) is 5.69 Å². The molecule has 2 nitrogen and oxygen atoms in total. The van der Waals surface area contributed by atoms with E-state index in [-0.39, 0.29) is 0 Å². The maximum Gasteiger partial charge on any atom is 0.259 e. The molecule has 9 heavy (non-hydrogen) atoms. The van der Waals surface area contributed by atoms with Crippen LogP contribution in [0.25, 0.3) is 12.0 Å². The van der Waals surface area contributed by atoms with Crippen LogP contribution in [0.2, 0.25) is 0 Å². The highest BCUT2D eigenvalue weighted by molar-refractivity contribution is 5.66. The molecule has 0 aliphatic carbocycles. The Kier molecular flexibility index (Phi) is 0.681. The number of rotatable bonds is 0. The molecule has 44 valence electrons. The van der Waals surface area contributed by atoms with Crippen LogP contribution in [-0.4, -0.2) is 5.11 Å². The third-order valence-corrected chi connectivity index (χ3v) is 1.41. The van der Waals surface area contributed by atoms with Gasteiger partial charge in [0.15, 0.2) is 6.20 Å². The van der Waals surface area contributed by atoms with Gasteiger partial charge in [-0.15, -0.1) is 0 Å². The second-order valence-corrected chi connectivity index (χ2v) is 2.01. The van der Waals surface area contributed by atoms with Crippen LogP contribution in [-0.2, 0) is 0 Å². The number of aliphatic hydroxyl groups excluding tert-OH is 1. The van der Waals surface area contributed by atoms with Crippen molar-refractivity contribution in [3.63, 3.8) is 0 Å². The minimum Gasteiger partial charge on any atom is -0.498 e. The van der Waals surface area contributed by atoms with Gasteiger partial charge in [0, 0.05) is 12.1 Å². The summed E-state index contributed by atoms with van der Waals surface area (Å²) in [7, 11) is 0. The summed E-state index contributed by atoms with van der Waals surface area (Å²) in [5.41, 5.74) is 0.887. The first-order valence-corrected chi connectivity index (χ1v) is 2.79. The lowest BCUT2D eigenvalue weighted by Gasteiger charge is -2.03. The van der Waals surface area contributed by atoms with Gasteiger partial charge in [0.2, 0.25) is 6.20 Å². The van der Waals surface area contributed by atoms with Crippen LogP contribution in [0.3, 0.4) is 0 Å². The molecule has 1 aromatic heterocycles. The molecule has 0 fully saturated rings. The molecule has 0 atom stereocenters. The second kappa shape index (κ2) is 1.35. The van der Waals surface area contributed by atoms with Crippen molar-refractivity contribution in [2.24, 2.45) is 0 Å². The van der Waals surface area contributed by atoms with Crippen LogP contribution in [0, 0.1) is 0 Å². The minimum atomic E-state index is 0.371. The third kappa shape index (κ3) is 0.470. The van der Waals surface area contributed by atoms with E-state index in [1.54, 1.807) is 6.20 Å². The van der Waals surface area contributed by atoms with Crippen molar-refractivity contribution >= 4 is 12.0 Å². The Hall–Kier alpha value is -1.31. The van der Waals surface area contributed by atoms with Gasteiger partial charge in [-0.1, -0.05) is 0 Å². The lowest BCUT2D eigenvalue weighted by molar-refractivity contribution is -0.585. The number of aromatic nitrogens is 1. The maximum atomic E-state index is 8.94. The van der Waals surface area contributed by atoms with Crippen LogP contribution in [0.15, 0.2) is 24.4 Å². The molecule has 0 aromatic carbocycles. The summed E-state index contributed by atoms with van der Waals surface area (Å²) >= 11 is 0. The van der Waals surface area contributed by atoms with Gasteiger partial charge >= 0.3 is 0 Å². The number of nitrogens with zero attached hydrogens (tertiary/aromatic N) is 1. The first-order chi connectivity index (χ1) is 4.38. The Balaban J connectivity index is 2.61. The molecule has 1 N–H and O–H groups in total. The summed E-state index contributed by atoms with van der Waals surface area (Å²) in [6.07, 6.45) is 3.57. The van der Waals surface area contributed by atoms with E-state index in [9.17, 15) is 0 Å². The van der Waals surface area contributed by atoms with Crippen LogP contribution in [0.5, 0.6) is 0 Å². The SMILES string of the molecule is OC1=C[n+]2ccccc21. The molecule has 1 aromatic rings. The molecule has 0 amide bonds. The second-order valence-electron chi connectivity index (χ2n) is 2.01.